The Morgan fingerprint density at radius 1 is 1.53 bits per heavy atom. The van der Waals surface area contributed by atoms with Gasteiger partial charge in [-0.2, -0.15) is 0 Å². The SMILES string of the molecule is C[C@@H](O)C1(N)CC(C(=O)OC(C)(C)C)C1. The van der Waals surface area contributed by atoms with Crippen molar-refractivity contribution in [3.63, 3.8) is 0 Å². The van der Waals surface area contributed by atoms with Gasteiger partial charge in [-0.05, 0) is 40.5 Å². The first kappa shape index (κ1) is 12.5. The molecule has 0 heterocycles. The zero-order chi connectivity index (χ0) is 11.9. The second-order valence-corrected chi connectivity index (χ2v) is 5.55. The summed E-state index contributed by atoms with van der Waals surface area (Å²) >= 11 is 0. The van der Waals surface area contributed by atoms with E-state index in [0.717, 1.165) is 0 Å². The van der Waals surface area contributed by atoms with Crippen molar-refractivity contribution < 1.29 is 14.6 Å². The van der Waals surface area contributed by atoms with Crippen molar-refractivity contribution in [3.05, 3.63) is 0 Å². The Kier molecular flexibility index (Phi) is 3.12. The molecule has 1 aliphatic rings. The monoisotopic (exact) mass is 215 g/mol. The summed E-state index contributed by atoms with van der Waals surface area (Å²) in [4.78, 5) is 11.6. The third-order valence-corrected chi connectivity index (χ3v) is 2.83. The van der Waals surface area contributed by atoms with Crippen molar-refractivity contribution in [3.8, 4) is 0 Å². The molecule has 0 spiro atoms. The minimum Gasteiger partial charge on any atom is -0.460 e. The molecular weight excluding hydrogens is 194 g/mol. The Morgan fingerprint density at radius 3 is 2.33 bits per heavy atom. The molecule has 0 aliphatic heterocycles. The van der Waals surface area contributed by atoms with Gasteiger partial charge >= 0.3 is 5.97 Å². The first-order chi connectivity index (χ1) is 6.64. The molecule has 1 saturated carbocycles. The van der Waals surface area contributed by atoms with Gasteiger partial charge in [0.15, 0.2) is 0 Å². The number of hydrogen-bond donors (Lipinski definition) is 2. The quantitative estimate of drug-likeness (QED) is 0.669. The lowest BCUT2D eigenvalue weighted by Gasteiger charge is -2.46. The number of ether oxygens (including phenoxy) is 1. The summed E-state index contributed by atoms with van der Waals surface area (Å²) in [6, 6.07) is 0. The molecule has 1 atom stereocenters. The smallest absolute Gasteiger partial charge is 0.309 e. The Balaban J connectivity index is 2.42. The summed E-state index contributed by atoms with van der Waals surface area (Å²) in [5, 5.41) is 9.39. The lowest BCUT2D eigenvalue weighted by atomic mass is 9.66. The van der Waals surface area contributed by atoms with Crippen LogP contribution in [-0.4, -0.2) is 28.3 Å². The van der Waals surface area contributed by atoms with Crippen LogP contribution in [0, 0.1) is 5.92 Å². The van der Waals surface area contributed by atoms with Crippen LogP contribution in [0.2, 0.25) is 0 Å². The third kappa shape index (κ3) is 2.92. The van der Waals surface area contributed by atoms with E-state index in [1.165, 1.54) is 0 Å². The molecule has 0 aromatic heterocycles. The van der Waals surface area contributed by atoms with Crippen molar-refractivity contribution in [1.29, 1.82) is 0 Å². The van der Waals surface area contributed by atoms with E-state index in [-0.39, 0.29) is 11.9 Å². The molecule has 88 valence electrons. The molecule has 0 amide bonds. The van der Waals surface area contributed by atoms with Gasteiger partial charge in [0.05, 0.1) is 12.0 Å². The molecule has 3 N–H and O–H groups in total. The van der Waals surface area contributed by atoms with Crippen LogP contribution < -0.4 is 5.73 Å². The zero-order valence-electron chi connectivity index (χ0n) is 9.91. The molecule has 1 fully saturated rings. The van der Waals surface area contributed by atoms with Gasteiger partial charge in [-0.15, -0.1) is 0 Å². The normalized spacial score (nSPS) is 33.1. The van der Waals surface area contributed by atoms with Crippen LogP contribution in [0.15, 0.2) is 0 Å². The van der Waals surface area contributed by atoms with E-state index in [9.17, 15) is 9.90 Å². The molecule has 4 heteroatoms. The van der Waals surface area contributed by atoms with Crippen LogP contribution in [0.25, 0.3) is 0 Å². The summed E-state index contributed by atoms with van der Waals surface area (Å²) in [7, 11) is 0. The summed E-state index contributed by atoms with van der Waals surface area (Å²) in [6.45, 7) is 7.18. The van der Waals surface area contributed by atoms with Crippen LogP contribution in [0.5, 0.6) is 0 Å². The van der Waals surface area contributed by atoms with Crippen molar-refractivity contribution >= 4 is 5.97 Å². The Morgan fingerprint density at radius 2 is 2.00 bits per heavy atom. The van der Waals surface area contributed by atoms with Gasteiger partial charge in [-0.25, -0.2) is 0 Å². The summed E-state index contributed by atoms with van der Waals surface area (Å²) in [5.41, 5.74) is 4.83. The van der Waals surface area contributed by atoms with Gasteiger partial charge in [0.2, 0.25) is 0 Å². The van der Waals surface area contributed by atoms with E-state index in [0.29, 0.717) is 12.8 Å². The van der Waals surface area contributed by atoms with Crippen LogP contribution in [-0.2, 0) is 9.53 Å². The zero-order valence-corrected chi connectivity index (χ0v) is 9.91. The van der Waals surface area contributed by atoms with E-state index >= 15 is 0 Å². The molecule has 1 rings (SSSR count). The molecular formula is C11H21NO3. The molecule has 0 unspecified atom stereocenters. The average Bonchev–Trinajstić information content (AvgIpc) is 1.94. The second kappa shape index (κ2) is 3.76. The maximum atomic E-state index is 11.6. The van der Waals surface area contributed by atoms with Gasteiger partial charge in [-0.1, -0.05) is 0 Å². The minimum absolute atomic E-state index is 0.149. The molecule has 0 bridgehead atoms. The summed E-state index contributed by atoms with van der Waals surface area (Å²) in [6.07, 6.45) is 0.454. The highest BCUT2D eigenvalue weighted by atomic mass is 16.6. The van der Waals surface area contributed by atoms with Gasteiger partial charge in [-0.3, -0.25) is 4.79 Å². The predicted molar refractivity (Wildman–Crippen MR) is 57.2 cm³/mol. The Labute approximate surface area is 90.8 Å². The first-order valence-electron chi connectivity index (χ1n) is 5.34. The molecule has 1 aliphatic carbocycles. The Bertz CT molecular complexity index is 249. The third-order valence-electron chi connectivity index (χ3n) is 2.83. The minimum atomic E-state index is -0.596. The van der Waals surface area contributed by atoms with E-state index in [1.807, 2.05) is 20.8 Å². The maximum Gasteiger partial charge on any atom is 0.309 e. The number of hydrogen-bond acceptors (Lipinski definition) is 4. The highest BCUT2D eigenvalue weighted by molar-refractivity contribution is 5.74. The lowest BCUT2D eigenvalue weighted by Crippen LogP contribution is -2.61. The van der Waals surface area contributed by atoms with Crippen LogP contribution in [0.4, 0.5) is 0 Å². The summed E-state index contributed by atoms with van der Waals surface area (Å²) in [5.74, 6) is -0.354. The molecule has 0 aromatic rings. The van der Waals surface area contributed by atoms with E-state index in [4.69, 9.17) is 10.5 Å². The molecule has 0 radical (unpaired) electrons. The highest BCUT2D eigenvalue weighted by Gasteiger charge is 2.48. The van der Waals surface area contributed by atoms with E-state index in [1.54, 1.807) is 6.92 Å². The number of carbonyl (C=O) groups is 1. The predicted octanol–water partition coefficient (Wildman–Crippen LogP) is 0.816. The number of rotatable bonds is 2. The summed E-state index contributed by atoms with van der Waals surface area (Å²) < 4.78 is 5.24. The number of esters is 1. The number of aliphatic hydroxyl groups excluding tert-OH is 1. The fourth-order valence-corrected chi connectivity index (χ4v) is 1.75. The van der Waals surface area contributed by atoms with E-state index in [2.05, 4.69) is 0 Å². The highest BCUT2D eigenvalue weighted by Crippen LogP contribution is 2.39. The average molecular weight is 215 g/mol. The van der Waals surface area contributed by atoms with E-state index < -0.39 is 17.2 Å². The maximum absolute atomic E-state index is 11.6. The molecule has 15 heavy (non-hydrogen) atoms. The van der Waals surface area contributed by atoms with Crippen molar-refractivity contribution in [2.75, 3.05) is 0 Å². The van der Waals surface area contributed by atoms with Crippen LogP contribution in [0.3, 0.4) is 0 Å². The fraction of sp³-hybridized carbons (Fsp3) is 0.909. The van der Waals surface area contributed by atoms with Gasteiger partial charge in [0, 0.05) is 5.54 Å². The van der Waals surface area contributed by atoms with Crippen molar-refractivity contribution in [2.24, 2.45) is 11.7 Å². The molecule has 4 nitrogen and oxygen atoms in total. The number of aliphatic hydroxyl groups is 1. The number of carbonyl (C=O) groups excluding carboxylic acids is 1. The largest absolute Gasteiger partial charge is 0.460 e. The fourth-order valence-electron chi connectivity index (χ4n) is 1.75. The molecule has 0 aromatic carbocycles. The molecule has 0 saturated heterocycles. The topological polar surface area (TPSA) is 72.5 Å². The van der Waals surface area contributed by atoms with Crippen LogP contribution in [0.1, 0.15) is 40.5 Å². The van der Waals surface area contributed by atoms with Gasteiger partial charge in [0.1, 0.15) is 5.60 Å². The van der Waals surface area contributed by atoms with Crippen molar-refractivity contribution in [1.82, 2.24) is 0 Å². The number of nitrogens with two attached hydrogens (primary N) is 1. The standard InChI is InChI=1S/C11H21NO3/c1-7(13)11(12)5-8(6-11)9(14)15-10(2,3)4/h7-8,13H,5-6,12H2,1-4H3/t7-,8?,11?/m1/s1. The second-order valence-electron chi connectivity index (χ2n) is 5.55. The van der Waals surface area contributed by atoms with Gasteiger partial charge < -0.3 is 15.6 Å². The first-order valence-corrected chi connectivity index (χ1v) is 5.34. The Hall–Kier alpha value is -0.610. The van der Waals surface area contributed by atoms with Crippen LogP contribution >= 0.6 is 0 Å². The van der Waals surface area contributed by atoms with Gasteiger partial charge in [0.25, 0.3) is 0 Å². The lowest BCUT2D eigenvalue weighted by molar-refractivity contribution is -0.167. The van der Waals surface area contributed by atoms with Crippen molar-refractivity contribution in [2.45, 2.75) is 57.8 Å².